The van der Waals surface area contributed by atoms with Crippen LogP contribution in [0.5, 0.6) is 0 Å². The third kappa shape index (κ3) is 1.57. The van der Waals surface area contributed by atoms with Crippen LogP contribution in [0.4, 0.5) is 9.52 Å². The Hall–Kier alpha value is -1.49. The molecule has 0 saturated carbocycles. The second-order valence-corrected chi connectivity index (χ2v) is 4.62. The maximum absolute atomic E-state index is 13.5. The second kappa shape index (κ2) is 3.83. The zero-order chi connectivity index (χ0) is 11.0. The zero-order valence-electron chi connectivity index (χ0n) is 8.48. The van der Waals surface area contributed by atoms with Gasteiger partial charge in [-0.25, -0.2) is 4.39 Å². The van der Waals surface area contributed by atoms with E-state index in [-0.39, 0.29) is 11.9 Å². The highest BCUT2D eigenvalue weighted by molar-refractivity contribution is 7.13. The second-order valence-electron chi connectivity index (χ2n) is 3.79. The molecule has 3 rings (SSSR count). The van der Waals surface area contributed by atoms with Crippen molar-refractivity contribution in [2.75, 3.05) is 5.32 Å². The van der Waals surface area contributed by atoms with Gasteiger partial charge in [0.05, 0.1) is 6.04 Å². The molecule has 0 radical (unpaired) electrons. The molecule has 1 N–H and O–H groups in total. The highest BCUT2D eigenvalue weighted by Gasteiger charge is 2.25. The van der Waals surface area contributed by atoms with Crippen molar-refractivity contribution in [2.45, 2.75) is 18.9 Å². The van der Waals surface area contributed by atoms with E-state index in [4.69, 9.17) is 0 Å². The smallest absolute Gasteiger partial charge is 0.205 e. The highest BCUT2D eigenvalue weighted by Crippen LogP contribution is 2.35. The molecule has 2 aromatic rings. The first-order valence-electron chi connectivity index (χ1n) is 5.14. The third-order valence-corrected chi connectivity index (χ3v) is 3.49. The van der Waals surface area contributed by atoms with Gasteiger partial charge < -0.3 is 5.32 Å². The summed E-state index contributed by atoms with van der Waals surface area (Å²) in [5.74, 6) is -0.0981. The Bertz CT molecular complexity index is 498. The molecule has 3 nitrogen and oxygen atoms in total. The molecule has 1 unspecified atom stereocenters. The topological polar surface area (TPSA) is 37.8 Å². The molecule has 1 aromatic carbocycles. The van der Waals surface area contributed by atoms with E-state index < -0.39 is 0 Å². The summed E-state index contributed by atoms with van der Waals surface area (Å²) in [4.78, 5) is 0. The van der Waals surface area contributed by atoms with Crippen LogP contribution in [0.1, 0.15) is 23.6 Å². The van der Waals surface area contributed by atoms with Crippen LogP contribution in [-0.2, 0) is 6.42 Å². The minimum absolute atomic E-state index is 0.0981. The van der Waals surface area contributed by atoms with Gasteiger partial charge >= 0.3 is 0 Å². The van der Waals surface area contributed by atoms with Gasteiger partial charge in [-0.15, -0.1) is 10.2 Å². The van der Waals surface area contributed by atoms with Crippen LogP contribution in [0.3, 0.4) is 0 Å². The Morgan fingerprint density at radius 1 is 1.44 bits per heavy atom. The number of nitrogens with zero attached hydrogens (tertiary/aromatic N) is 2. The first-order valence-corrected chi connectivity index (χ1v) is 6.02. The number of halogens is 1. The number of fused-ring (bicyclic) bond motifs is 1. The van der Waals surface area contributed by atoms with Crippen LogP contribution < -0.4 is 5.32 Å². The van der Waals surface area contributed by atoms with Crippen molar-refractivity contribution in [3.63, 3.8) is 0 Å². The highest BCUT2D eigenvalue weighted by atomic mass is 32.1. The van der Waals surface area contributed by atoms with Crippen LogP contribution >= 0.6 is 11.3 Å². The molecule has 82 valence electrons. The van der Waals surface area contributed by atoms with Gasteiger partial charge in [-0.1, -0.05) is 23.5 Å². The lowest BCUT2D eigenvalue weighted by atomic mass is 10.1. The standard InChI is InChI=1S/C11H10FN3S/c12-9-3-1-2-8-7(9)4-5-10(8)14-11-15-13-6-16-11/h1-3,6,10H,4-5H2,(H,14,15). The normalized spacial score (nSPS) is 18.4. The number of aromatic nitrogens is 2. The summed E-state index contributed by atoms with van der Waals surface area (Å²) < 4.78 is 13.5. The van der Waals surface area contributed by atoms with E-state index in [0.717, 1.165) is 29.1 Å². The molecule has 5 heteroatoms. The number of rotatable bonds is 2. The van der Waals surface area contributed by atoms with Gasteiger partial charge in [0.25, 0.3) is 0 Å². The van der Waals surface area contributed by atoms with Gasteiger partial charge in [0.1, 0.15) is 11.3 Å². The molecule has 1 aliphatic carbocycles. The zero-order valence-corrected chi connectivity index (χ0v) is 9.30. The van der Waals surface area contributed by atoms with Crippen LogP contribution in [0.2, 0.25) is 0 Å². The number of hydrogen-bond donors (Lipinski definition) is 1. The molecular formula is C11H10FN3S. The van der Waals surface area contributed by atoms with Gasteiger partial charge in [-0.05, 0) is 30.0 Å². The fraction of sp³-hybridized carbons (Fsp3) is 0.273. The summed E-state index contributed by atoms with van der Waals surface area (Å²) in [5.41, 5.74) is 3.57. The van der Waals surface area contributed by atoms with Crippen molar-refractivity contribution in [2.24, 2.45) is 0 Å². The van der Waals surface area contributed by atoms with Crippen molar-refractivity contribution in [3.05, 3.63) is 40.7 Å². The first-order chi connectivity index (χ1) is 7.84. The number of nitrogens with one attached hydrogen (secondary N) is 1. The van der Waals surface area contributed by atoms with E-state index in [1.165, 1.54) is 17.4 Å². The Kier molecular flexibility index (Phi) is 2.32. The summed E-state index contributed by atoms with van der Waals surface area (Å²) in [6.45, 7) is 0. The fourth-order valence-electron chi connectivity index (χ4n) is 2.14. The van der Waals surface area contributed by atoms with Crippen LogP contribution in [0, 0.1) is 5.82 Å². The molecule has 0 saturated heterocycles. The summed E-state index contributed by atoms with van der Waals surface area (Å²) in [6.07, 6.45) is 1.70. The summed E-state index contributed by atoms with van der Waals surface area (Å²) in [6, 6.07) is 5.42. The average molecular weight is 235 g/mol. The molecule has 0 bridgehead atoms. The quantitative estimate of drug-likeness (QED) is 0.869. The number of benzene rings is 1. The van der Waals surface area contributed by atoms with Crippen molar-refractivity contribution in [3.8, 4) is 0 Å². The first kappa shape index (κ1) is 9.72. The van der Waals surface area contributed by atoms with Crippen LogP contribution in [-0.4, -0.2) is 10.2 Å². The monoisotopic (exact) mass is 235 g/mol. The van der Waals surface area contributed by atoms with Gasteiger partial charge in [0.2, 0.25) is 5.13 Å². The van der Waals surface area contributed by atoms with Gasteiger partial charge in [0.15, 0.2) is 0 Å². The Labute approximate surface area is 96.3 Å². The molecule has 0 aliphatic heterocycles. The van der Waals surface area contributed by atoms with E-state index in [2.05, 4.69) is 15.5 Å². The molecule has 16 heavy (non-hydrogen) atoms. The Morgan fingerprint density at radius 3 is 3.19 bits per heavy atom. The Balaban J connectivity index is 1.89. The average Bonchev–Trinajstić information content (AvgIpc) is 2.90. The fourth-order valence-corrected chi connectivity index (χ4v) is 2.64. The third-order valence-electron chi connectivity index (χ3n) is 2.87. The molecule has 0 amide bonds. The van der Waals surface area contributed by atoms with Crippen molar-refractivity contribution < 1.29 is 4.39 Å². The minimum atomic E-state index is -0.0981. The van der Waals surface area contributed by atoms with Crippen LogP contribution in [0.25, 0.3) is 0 Å². The molecular weight excluding hydrogens is 225 g/mol. The van der Waals surface area contributed by atoms with E-state index in [0.29, 0.717) is 0 Å². The predicted molar refractivity (Wildman–Crippen MR) is 61.0 cm³/mol. The van der Waals surface area contributed by atoms with Crippen molar-refractivity contribution in [1.82, 2.24) is 10.2 Å². The van der Waals surface area contributed by atoms with E-state index in [1.807, 2.05) is 6.07 Å². The summed E-state index contributed by atoms with van der Waals surface area (Å²) in [5, 5.41) is 11.8. The number of hydrogen-bond acceptors (Lipinski definition) is 4. The lowest BCUT2D eigenvalue weighted by molar-refractivity contribution is 0.612. The minimum Gasteiger partial charge on any atom is -0.353 e. The maximum Gasteiger partial charge on any atom is 0.205 e. The molecule has 1 aliphatic rings. The molecule has 0 fully saturated rings. The van der Waals surface area contributed by atoms with Crippen molar-refractivity contribution in [1.29, 1.82) is 0 Å². The van der Waals surface area contributed by atoms with E-state index in [1.54, 1.807) is 11.6 Å². The summed E-state index contributed by atoms with van der Waals surface area (Å²) in [7, 11) is 0. The van der Waals surface area contributed by atoms with E-state index >= 15 is 0 Å². The number of anilines is 1. The van der Waals surface area contributed by atoms with Crippen LogP contribution in [0.15, 0.2) is 23.7 Å². The molecule has 1 heterocycles. The summed E-state index contributed by atoms with van der Waals surface area (Å²) >= 11 is 1.46. The predicted octanol–water partition coefficient (Wildman–Crippen LogP) is 2.78. The molecule has 1 atom stereocenters. The lowest BCUT2D eigenvalue weighted by Gasteiger charge is -2.12. The van der Waals surface area contributed by atoms with E-state index in [9.17, 15) is 4.39 Å². The van der Waals surface area contributed by atoms with Gasteiger partial charge in [-0.2, -0.15) is 0 Å². The van der Waals surface area contributed by atoms with Gasteiger partial charge in [0, 0.05) is 0 Å². The maximum atomic E-state index is 13.5. The Morgan fingerprint density at radius 2 is 2.38 bits per heavy atom. The van der Waals surface area contributed by atoms with Gasteiger partial charge in [-0.3, -0.25) is 0 Å². The largest absolute Gasteiger partial charge is 0.353 e. The SMILES string of the molecule is Fc1cccc2c1CCC2Nc1nncs1. The molecule has 1 aromatic heterocycles. The van der Waals surface area contributed by atoms with Crippen molar-refractivity contribution >= 4 is 16.5 Å². The lowest BCUT2D eigenvalue weighted by Crippen LogP contribution is -2.06. The molecule has 0 spiro atoms.